The lowest BCUT2D eigenvalue weighted by Gasteiger charge is -2.30. The summed E-state index contributed by atoms with van der Waals surface area (Å²) in [6.45, 7) is 7.25. The molecule has 0 spiro atoms. The minimum absolute atomic E-state index is 0.0485. The average molecular weight is 271 g/mol. The van der Waals surface area contributed by atoms with Crippen LogP contribution in [0.3, 0.4) is 0 Å². The molecule has 1 aliphatic carbocycles. The van der Waals surface area contributed by atoms with Gasteiger partial charge in [-0.05, 0) is 42.2 Å². The second-order valence-electron chi connectivity index (χ2n) is 5.86. The quantitative estimate of drug-likeness (QED) is 0.399. The minimum Gasteiger partial charge on any atom is -0.0596 e. The van der Waals surface area contributed by atoms with Gasteiger partial charge in [0, 0.05) is 5.30 Å². The fourth-order valence-corrected chi connectivity index (χ4v) is 7.35. The monoisotopic (exact) mass is 271 g/mol. The SMILES string of the molecule is CC(C)(C)C1CCCCc2p[p+](P)ccc21. The molecule has 1 heterocycles. The van der Waals surface area contributed by atoms with Crippen molar-refractivity contribution < 1.29 is 0 Å². The zero-order valence-corrected chi connectivity index (χ0v) is 13.5. The summed E-state index contributed by atoms with van der Waals surface area (Å²) >= 11 is 0. The lowest BCUT2D eigenvalue weighted by Crippen LogP contribution is -2.18. The molecule has 0 radical (unpaired) electrons. The highest BCUT2D eigenvalue weighted by atomic mass is 32.3. The van der Waals surface area contributed by atoms with Crippen molar-refractivity contribution in [3.05, 3.63) is 22.7 Å². The zero-order chi connectivity index (χ0) is 11.8. The normalized spacial score (nSPS) is 23.0. The third-order valence-corrected chi connectivity index (χ3v) is 8.33. The minimum atomic E-state index is 0.0485. The first kappa shape index (κ1) is 13.0. The molecule has 0 aromatic carbocycles. The van der Waals surface area contributed by atoms with E-state index in [2.05, 4.69) is 41.6 Å². The van der Waals surface area contributed by atoms with Gasteiger partial charge in [-0.1, -0.05) is 27.2 Å². The lowest BCUT2D eigenvalue weighted by atomic mass is 9.75. The van der Waals surface area contributed by atoms with Crippen LogP contribution >= 0.6 is 23.7 Å². The standard InChI is InChI=1S/C13H22P3/c1-13(2,3)11-6-4-5-7-12-10(11)8-9-16(14)15-12/h8-9,11H,4-7,14H2,1-3H3/q+1. The van der Waals surface area contributed by atoms with E-state index in [4.69, 9.17) is 0 Å². The molecule has 16 heavy (non-hydrogen) atoms. The van der Waals surface area contributed by atoms with Crippen LogP contribution in [0.4, 0.5) is 0 Å². The topological polar surface area (TPSA) is 0 Å². The number of hydrogen-bond donors (Lipinski definition) is 0. The summed E-state index contributed by atoms with van der Waals surface area (Å²) in [7, 11) is 4.62. The molecule has 1 aromatic heterocycles. The maximum absolute atomic E-state index is 3.01. The third kappa shape index (κ3) is 2.85. The van der Waals surface area contributed by atoms with E-state index < -0.39 is 0 Å². The van der Waals surface area contributed by atoms with E-state index in [0.717, 1.165) is 5.92 Å². The van der Waals surface area contributed by atoms with Crippen molar-refractivity contribution >= 4 is 23.7 Å². The first-order valence-electron chi connectivity index (χ1n) is 6.15. The summed E-state index contributed by atoms with van der Waals surface area (Å²) in [6.07, 6.45) is 5.55. The molecule has 1 aliphatic rings. The maximum atomic E-state index is 3.01. The van der Waals surface area contributed by atoms with Gasteiger partial charge in [-0.2, -0.15) is 0 Å². The van der Waals surface area contributed by atoms with Crippen LogP contribution < -0.4 is 0 Å². The van der Waals surface area contributed by atoms with Crippen molar-refractivity contribution in [2.24, 2.45) is 5.41 Å². The van der Waals surface area contributed by atoms with Crippen molar-refractivity contribution in [1.82, 2.24) is 0 Å². The zero-order valence-electron chi connectivity index (χ0n) is 10.5. The Balaban J connectivity index is 2.45. The molecule has 0 nitrogen and oxygen atoms in total. The van der Waals surface area contributed by atoms with Crippen LogP contribution in [0.25, 0.3) is 0 Å². The third-order valence-electron chi connectivity index (χ3n) is 3.55. The van der Waals surface area contributed by atoms with Crippen molar-refractivity contribution in [2.75, 3.05) is 0 Å². The van der Waals surface area contributed by atoms with Crippen LogP contribution in [-0.4, -0.2) is 0 Å². The summed E-state index contributed by atoms with van der Waals surface area (Å²) in [5, 5.41) is 1.75. The Labute approximate surface area is 104 Å². The van der Waals surface area contributed by atoms with Gasteiger partial charge in [-0.3, -0.25) is 0 Å². The Kier molecular flexibility index (Phi) is 4.06. The molecule has 88 valence electrons. The molecule has 1 aromatic rings. The molecule has 0 N–H and O–H groups in total. The molecule has 2 rings (SSSR count). The molecular formula is C13H22P3+. The Bertz CT molecular complexity index is 379. The Morgan fingerprint density at radius 2 is 2.12 bits per heavy atom. The number of aryl methyl sites for hydroxylation is 1. The predicted octanol–water partition coefficient (Wildman–Crippen LogP) is 6.03. The van der Waals surface area contributed by atoms with Crippen LogP contribution in [0.15, 0.2) is 11.9 Å². The van der Waals surface area contributed by atoms with E-state index in [1.54, 1.807) is 18.7 Å². The van der Waals surface area contributed by atoms with Crippen LogP contribution in [0.5, 0.6) is 0 Å². The van der Waals surface area contributed by atoms with Crippen molar-refractivity contribution in [3.8, 4) is 0 Å². The van der Waals surface area contributed by atoms with Crippen LogP contribution in [0, 0.1) is 5.41 Å². The second-order valence-corrected chi connectivity index (χ2v) is 12.6. The van der Waals surface area contributed by atoms with E-state index in [-0.39, 0.29) is 6.90 Å². The molecule has 0 amide bonds. The van der Waals surface area contributed by atoms with E-state index in [9.17, 15) is 0 Å². The number of rotatable bonds is 0. The van der Waals surface area contributed by atoms with Gasteiger partial charge in [-0.25, -0.2) is 0 Å². The van der Waals surface area contributed by atoms with Crippen molar-refractivity contribution in [1.29, 1.82) is 0 Å². The summed E-state index contributed by atoms with van der Waals surface area (Å²) in [5.41, 5.74) is 2.11. The summed E-state index contributed by atoms with van der Waals surface area (Å²) in [4.78, 5) is 0. The highest BCUT2D eigenvalue weighted by Crippen LogP contribution is 2.52. The Morgan fingerprint density at radius 1 is 1.38 bits per heavy atom. The van der Waals surface area contributed by atoms with Gasteiger partial charge in [0.1, 0.15) is 5.80 Å². The molecule has 0 saturated carbocycles. The first-order chi connectivity index (χ1) is 7.48. The van der Waals surface area contributed by atoms with Crippen LogP contribution in [0.1, 0.15) is 56.8 Å². The molecule has 0 aliphatic heterocycles. The summed E-state index contributed by atoms with van der Waals surface area (Å²) < 4.78 is 0. The van der Waals surface area contributed by atoms with Gasteiger partial charge in [0.2, 0.25) is 0 Å². The van der Waals surface area contributed by atoms with E-state index in [1.807, 2.05) is 0 Å². The van der Waals surface area contributed by atoms with Gasteiger partial charge in [0.15, 0.2) is 14.8 Å². The molecular weight excluding hydrogens is 249 g/mol. The summed E-state index contributed by atoms with van der Waals surface area (Å²) in [6, 6.07) is 2.45. The van der Waals surface area contributed by atoms with Crippen LogP contribution in [-0.2, 0) is 6.42 Å². The summed E-state index contributed by atoms with van der Waals surface area (Å²) in [5.74, 6) is 3.22. The largest absolute Gasteiger partial charge is 0.162 e. The van der Waals surface area contributed by atoms with Crippen LogP contribution in [0.2, 0.25) is 0 Å². The van der Waals surface area contributed by atoms with Crippen molar-refractivity contribution in [2.45, 2.75) is 52.4 Å². The smallest absolute Gasteiger partial charge is 0.0596 e. The molecule has 3 unspecified atom stereocenters. The fourth-order valence-electron chi connectivity index (χ4n) is 2.69. The highest BCUT2D eigenvalue weighted by molar-refractivity contribution is 8.31. The highest BCUT2D eigenvalue weighted by Gasteiger charge is 2.30. The Morgan fingerprint density at radius 3 is 2.81 bits per heavy atom. The van der Waals surface area contributed by atoms with Gasteiger partial charge < -0.3 is 0 Å². The number of hydrogen-bond acceptors (Lipinski definition) is 0. The van der Waals surface area contributed by atoms with Gasteiger partial charge >= 0.3 is 0 Å². The van der Waals surface area contributed by atoms with E-state index in [0.29, 0.717) is 5.41 Å². The Hall–Kier alpha value is 0.510. The maximum Gasteiger partial charge on any atom is 0.162 e. The lowest BCUT2D eigenvalue weighted by molar-refractivity contribution is 0.303. The van der Waals surface area contributed by atoms with Gasteiger partial charge in [0.05, 0.1) is 8.93 Å². The molecule has 0 saturated heterocycles. The molecule has 0 bridgehead atoms. The second kappa shape index (κ2) is 5.02. The molecule has 3 atom stereocenters. The van der Waals surface area contributed by atoms with Gasteiger partial charge in [-0.15, -0.1) is 0 Å². The van der Waals surface area contributed by atoms with Crippen molar-refractivity contribution in [3.63, 3.8) is 0 Å². The van der Waals surface area contributed by atoms with Gasteiger partial charge in [0.25, 0.3) is 0 Å². The first-order valence-corrected chi connectivity index (χ1v) is 10.8. The molecule has 3 heteroatoms. The van der Waals surface area contributed by atoms with E-state index in [1.165, 1.54) is 25.7 Å². The fraction of sp³-hybridized carbons (Fsp3) is 0.692. The number of fused-ring (bicyclic) bond motifs is 1. The predicted molar refractivity (Wildman–Crippen MR) is 80.9 cm³/mol. The van der Waals surface area contributed by atoms with E-state index >= 15 is 0 Å². The average Bonchev–Trinajstić information content (AvgIpc) is 2.38. The molecule has 0 fully saturated rings.